The SMILES string of the molecule is CCOc1ccc(CN2CCN(C(C)C)CC2)cc1. The van der Waals surface area contributed by atoms with Gasteiger partial charge in [-0.1, -0.05) is 12.1 Å². The quantitative estimate of drug-likeness (QED) is 0.811. The predicted molar refractivity (Wildman–Crippen MR) is 79.6 cm³/mol. The summed E-state index contributed by atoms with van der Waals surface area (Å²) in [7, 11) is 0. The first-order valence-electron chi connectivity index (χ1n) is 7.37. The first-order chi connectivity index (χ1) is 9.19. The van der Waals surface area contributed by atoms with Gasteiger partial charge in [0.1, 0.15) is 5.75 Å². The zero-order valence-electron chi connectivity index (χ0n) is 12.4. The molecule has 0 radical (unpaired) electrons. The number of nitrogens with zero attached hydrogens (tertiary/aromatic N) is 2. The molecule has 1 saturated heterocycles. The Morgan fingerprint density at radius 3 is 2.21 bits per heavy atom. The number of benzene rings is 1. The van der Waals surface area contributed by atoms with Crippen molar-refractivity contribution in [1.29, 1.82) is 0 Å². The van der Waals surface area contributed by atoms with Crippen LogP contribution in [0.25, 0.3) is 0 Å². The van der Waals surface area contributed by atoms with Gasteiger partial charge in [-0.25, -0.2) is 0 Å². The molecule has 1 aromatic rings. The van der Waals surface area contributed by atoms with Gasteiger partial charge in [-0.15, -0.1) is 0 Å². The second kappa shape index (κ2) is 6.92. The molecule has 0 aromatic heterocycles. The fourth-order valence-corrected chi connectivity index (χ4v) is 2.55. The minimum Gasteiger partial charge on any atom is -0.494 e. The highest BCUT2D eigenvalue weighted by Gasteiger charge is 2.18. The van der Waals surface area contributed by atoms with E-state index in [1.54, 1.807) is 0 Å². The summed E-state index contributed by atoms with van der Waals surface area (Å²) in [5.41, 5.74) is 1.38. The summed E-state index contributed by atoms with van der Waals surface area (Å²) in [4.78, 5) is 5.09. The Morgan fingerprint density at radius 2 is 1.68 bits per heavy atom. The van der Waals surface area contributed by atoms with E-state index in [0.717, 1.165) is 18.9 Å². The first-order valence-corrected chi connectivity index (χ1v) is 7.37. The van der Waals surface area contributed by atoms with E-state index in [2.05, 4.69) is 47.9 Å². The molecule has 2 rings (SSSR count). The normalized spacial score (nSPS) is 17.9. The van der Waals surface area contributed by atoms with Gasteiger partial charge in [0.05, 0.1) is 6.61 Å². The van der Waals surface area contributed by atoms with Crippen LogP contribution < -0.4 is 4.74 Å². The fourth-order valence-electron chi connectivity index (χ4n) is 2.55. The van der Waals surface area contributed by atoms with E-state index in [0.29, 0.717) is 6.04 Å². The van der Waals surface area contributed by atoms with Gasteiger partial charge >= 0.3 is 0 Å². The van der Waals surface area contributed by atoms with Crippen LogP contribution in [0.2, 0.25) is 0 Å². The van der Waals surface area contributed by atoms with Crippen molar-refractivity contribution < 1.29 is 4.74 Å². The molecule has 19 heavy (non-hydrogen) atoms. The van der Waals surface area contributed by atoms with Crippen molar-refractivity contribution >= 4 is 0 Å². The Kier molecular flexibility index (Phi) is 5.23. The van der Waals surface area contributed by atoms with Crippen molar-refractivity contribution in [2.75, 3.05) is 32.8 Å². The molecule has 0 N–H and O–H groups in total. The molecular formula is C16H26N2O. The van der Waals surface area contributed by atoms with E-state index in [-0.39, 0.29) is 0 Å². The molecule has 106 valence electrons. The molecule has 3 heteroatoms. The van der Waals surface area contributed by atoms with Crippen LogP contribution in [0.3, 0.4) is 0 Å². The number of piperazine rings is 1. The Bertz CT molecular complexity index is 367. The summed E-state index contributed by atoms with van der Waals surface area (Å²) in [6, 6.07) is 9.18. The van der Waals surface area contributed by atoms with E-state index in [9.17, 15) is 0 Å². The Morgan fingerprint density at radius 1 is 1.05 bits per heavy atom. The van der Waals surface area contributed by atoms with Crippen LogP contribution in [0.4, 0.5) is 0 Å². The van der Waals surface area contributed by atoms with Crippen molar-refractivity contribution in [3.05, 3.63) is 29.8 Å². The van der Waals surface area contributed by atoms with E-state index < -0.39 is 0 Å². The van der Waals surface area contributed by atoms with E-state index in [1.165, 1.54) is 31.7 Å². The number of hydrogen-bond donors (Lipinski definition) is 0. The summed E-state index contributed by atoms with van der Waals surface area (Å²) < 4.78 is 5.47. The largest absolute Gasteiger partial charge is 0.494 e. The van der Waals surface area contributed by atoms with E-state index >= 15 is 0 Å². The monoisotopic (exact) mass is 262 g/mol. The highest BCUT2D eigenvalue weighted by molar-refractivity contribution is 5.27. The summed E-state index contributed by atoms with van der Waals surface area (Å²) in [6.45, 7) is 13.1. The average molecular weight is 262 g/mol. The van der Waals surface area contributed by atoms with Crippen LogP contribution in [0.15, 0.2) is 24.3 Å². The minimum atomic E-state index is 0.674. The van der Waals surface area contributed by atoms with E-state index in [1.807, 2.05) is 6.92 Å². The second-order valence-electron chi connectivity index (χ2n) is 5.48. The van der Waals surface area contributed by atoms with Crippen LogP contribution in [0.1, 0.15) is 26.3 Å². The van der Waals surface area contributed by atoms with Gasteiger partial charge in [0.2, 0.25) is 0 Å². The van der Waals surface area contributed by atoms with Crippen LogP contribution in [-0.4, -0.2) is 48.6 Å². The molecule has 1 aromatic carbocycles. The van der Waals surface area contributed by atoms with Gasteiger partial charge in [-0.2, -0.15) is 0 Å². The molecule has 1 heterocycles. The topological polar surface area (TPSA) is 15.7 Å². The molecule has 0 amide bonds. The van der Waals surface area contributed by atoms with Gasteiger partial charge in [0, 0.05) is 38.8 Å². The van der Waals surface area contributed by atoms with Crippen LogP contribution in [0, 0.1) is 0 Å². The summed E-state index contributed by atoms with van der Waals surface area (Å²) >= 11 is 0. The lowest BCUT2D eigenvalue weighted by Crippen LogP contribution is -2.48. The molecule has 3 nitrogen and oxygen atoms in total. The first kappa shape index (κ1) is 14.4. The van der Waals surface area contributed by atoms with Crippen LogP contribution >= 0.6 is 0 Å². The number of hydrogen-bond acceptors (Lipinski definition) is 3. The van der Waals surface area contributed by atoms with E-state index in [4.69, 9.17) is 4.74 Å². The number of rotatable bonds is 5. The maximum atomic E-state index is 5.47. The Balaban J connectivity index is 1.82. The van der Waals surface area contributed by atoms with Crippen molar-refractivity contribution in [2.24, 2.45) is 0 Å². The molecule has 0 saturated carbocycles. The molecule has 0 unspecified atom stereocenters. The summed E-state index contributed by atoms with van der Waals surface area (Å²) in [5, 5.41) is 0. The highest BCUT2D eigenvalue weighted by atomic mass is 16.5. The maximum absolute atomic E-state index is 5.47. The Labute approximate surface area is 117 Å². The lowest BCUT2D eigenvalue weighted by atomic mass is 10.2. The molecule has 1 fully saturated rings. The van der Waals surface area contributed by atoms with Crippen molar-refractivity contribution in [2.45, 2.75) is 33.4 Å². The third-order valence-electron chi connectivity index (χ3n) is 3.78. The molecule has 0 bridgehead atoms. The smallest absolute Gasteiger partial charge is 0.119 e. The molecule has 0 aliphatic carbocycles. The highest BCUT2D eigenvalue weighted by Crippen LogP contribution is 2.15. The maximum Gasteiger partial charge on any atom is 0.119 e. The molecule has 0 spiro atoms. The lowest BCUT2D eigenvalue weighted by molar-refractivity contribution is 0.104. The molecule has 1 aliphatic rings. The standard InChI is InChI=1S/C16H26N2O/c1-4-19-16-7-5-15(6-8-16)13-17-9-11-18(12-10-17)14(2)3/h5-8,14H,4,9-13H2,1-3H3. The number of ether oxygens (including phenoxy) is 1. The average Bonchev–Trinajstić information content (AvgIpc) is 2.42. The summed E-state index contributed by atoms with van der Waals surface area (Å²) in [5.74, 6) is 0.968. The summed E-state index contributed by atoms with van der Waals surface area (Å²) in [6.07, 6.45) is 0. The second-order valence-corrected chi connectivity index (χ2v) is 5.48. The zero-order chi connectivity index (χ0) is 13.7. The Hall–Kier alpha value is -1.06. The third kappa shape index (κ3) is 4.22. The lowest BCUT2D eigenvalue weighted by Gasteiger charge is -2.36. The third-order valence-corrected chi connectivity index (χ3v) is 3.78. The van der Waals surface area contributed by atoms with Crippen molar-refractivity contribution in [3.63, 3.8) is 0 Å². The molecule has 1 aliphatic heterocycles. The zero-order valence-corrected chi connectivity index (χ0v) is 12.4. The van der Waals surface area contributed by atoms with Gasteiger partial charge in [-0.05, 0) is 38.5 Å². The minimum absolute atomic E-state index is 0.674. The fraction of sp³-hybridized carbons (Fsp3) is 0.625. The van der Waals surface area contributed by atoms with Gasteiger partial charge in [-0.3, -0.25) is 9.80 Å². The van der Waals surface area contributed by atoms with Gasteiger partial charge in [0.25, 0.3) is 0 Å². The van der Waals surface area contributed by atoms with Crippen LogP contribution in [0.5, 0.6) is 5.75 Å². The van der Waals surface area contributed by atoms with Crippen molar-refractivity contribution in [3.8, 4) is 5.75 Å². The predicted octanol–water partition coefficient (Wildman–Crippen LogP) is 2.61. The van der Waals surface area contributed by atoms with Crippen molar-refractivity contribution in [1.82, 2.24) is 9.80 Å². The van der Waals surface area contributed by atoms with Gasteiger partial charge < -0.3 is 4.74 Å². The molecular weight excluding hydrogens is 236 g/mol. The van der Waals surface area contributed by atoms with Crippen LogP contribution in [-0.2, 0) is 6.54 Å². The molecule has 0 atom stereocenters. The van der Waals surface area contributed by atoms with Gasteiger partial charge in [0.15, 0.2) is 0 Å².